The van der Waals surface area contributed by atoms with Gasteiger partial charge in [0.15, 0.2) is 6.10 Å². The Balaban J connectivity index is 1.56. The summed E-state index contributed by atoms with van der Waals surface area (Å²) < 4.78 is 10.9. The molecule has 0 aliphatic carbocycles. The molecule has 1 aliphatic rings. The van der Waals surface area contributed by atoms with Gasteiger partial charge in [0.05, 0.1) is 18.8 Å². The maximum atomic E-state index is 11.1. The van der Waals surface area contributed by atoms with E-state index in [0.29, 0.717) is 30.2 Å². The highest BCUT2D eigenvalue weighted by Crippen LogP contribution is 2.30. The number of carbonyl (C=O) groups is 1. The lowest BCUT2D eigenvalue weighted by molar-refractivity contribution is 0.105. The number of hydrogen-bond donors (Lipinski definition) is 2. The number of pyridine rings is 1. The van der Waals surface area contributed by atoms with E-state index in [2.05, 4.69) is 25.6 Å². The number of nitrogens with zero attached hydrogens (tertiary/aromatic N) is 3. The van der Waals surface area contributed by atoms with E-state index in [1.54, 1.807) is 12.3 Å². The van der Waals surface area contributed by atoms with Crippen LogP contribution >= 0.6 is 11.6 Å². The zero-order valence-corrected chi connectivity index (χ0v) is 14.9. The van der Waals surface area contributed by atoms with Crippen LogP contribution < -0.4 is 15.4 Å². The Morgan fingerprint density at radius 1 is 1.26 bits per heavy atom. The molecule has 1 unspecified atom stereocenters. The Morgan fingerprint density at radius 2 is 2.19 bits per heavy atom. The second-order valence-electron chi connectivity index (χ2n) is 5.89. The number of cyclic esters (lactones) is 1. The zero-order valence-electron chi connectivity index (χ0n) is 14.2. The van der Waals surface area contributed by atoms with Crippen molar-refractivity contribution in [2.45, 2.75) is 12.6 Å². The SMILES string of the molecule is O=C1NCC(COc2cccc3c(NCc4ccccn4)nc(Cl)nc23)O1. The van der Waals surface area contributed by atoms with Gasteiger partial charge in [-0.3, -0.25) is 4.98 Å². The molecule has 0 saturated carbocycles. The van der Waals surface area contributed by atoms with Crippen LogP contribution in [-0.2, 0) is 11.3 Å². The lowest BCUT2D eigenvalue weighted by Gasteiger charge is -2.14. The summed E-state index contributed by atoms with van der Waals surface area (Å²) in [6.07, 6.45) is 0.957. The smallest absolute Gasteiger partial charge is 0.407 e. The molecular weight excluding hydrogens is 370 g/mol. The standard InChI is InChI=1S/C18H16ClN5O3/c19-17-23-15-13(16(24-17)21-8-11-4-1-2-7-20-11)5-3-6-14(15)26-10-12-9-22-18(25)27-12/h1-7,12H,8-10H2,(H,22,25)(H,21,23,24). The van der Waals surface area contributed by atoms with Gasteiger partial charge >= 0.3 is 6.09 Å². The highest BCUT2D eigenvalue weighted by atomic mass is 35.5. The molecule has 8 nitrogen and oxygen atoms in total. The van der Waals surface area contributed by atoms with Crippen LogP contribution in [0.2, 0.25) is 5.28 Å². The fourth-order valence-electron chi connectivity index (χ4n) is 2.73. The first-order valence-electron chi connectivity index (χ1n) is 8.36. The average Bonchev–Trinajstić information content (AvgIpc) is 3.10. The minimum Gasteiger partial charge on any atom is -0.487 e. The van der Waals surface area contributed by atoms with E-state index in [1.165, 1.54) is 0 Å². The average molecular weight is 386 g/mol. The van der Waals surface area contributed by atoms with E-state index in [-0.39, 0.29) is 18.0 Å². The third-order valence-electron chi connectivity index (χ3n) is 4.00. The zero-order chi connectivity index (χ0) is 18.6. The summed E-state index contributed by atoms with van der Waals surface area (Å²) in [5.41, 5.74) is 1.46. The summed E-state index contributed by atoms with van der Waals surface area (Å²) in [4.78, 5) is 24.0. The molecule has 3 heterocycles. The highest BCUT2D eigenvalue weighted by molar-refractivity contribution is 6.29. The van der Waals surface area contributed by atoms with Gasteiger partial charge in [-0.1, -0.05) is 12.1 Å². The molecule has 0 bridgehead atoms. The number of rotatable bonds is 6. The van der Waals surface area contributed by atoms with Crippen LogP contribution in [-0.4, -0.2) is 40.3 Å². The van der Waals surface area contributed by atoms with E-state index >= 15 is 0 Å². The largest absolute Gasteiger partial charge is 0.487 e. The number of benzene rings is 1. The molecule has 1 aromatic carbocycles. The van der Waals surface area contributed by atoms with Gasteiger partial charge in [0.2, 0.25) is 5.28 Å². The molecule has 1 aliphatic heterocycles. The summed E-state index contributed by atoms with van der Waals surface area (Å²) in [5.74, 6) is 1.13. The second kappa shape index (κ2) is 7.63. The first-order chi connectivity index (χ1) is 13.2. The van der Waals surface area contributed by atoms with Gasteiger partial charge in [0.25, 0.3) is 0 Å². The molecule has 1 amide bonds. The predicted molar refractivity (Wildman–Crippen MR) is 99.9 cm³/mol. The van der Waals surface area contributed by atoms with Gasteiger partial charge in [-0.05, 0) is 35.9 Å². The molecule has 9 heteroatoms. The van der Waals surface area contributed by atoms with E-state index in [9.17, 15) is 4.79 Å². The maximum absolute atomic E-state index is 11.1. The summed E-state index contributed by atoms with van der Waals surface area (Å²) in [5, 5.41) is 6.71. The van der Waals surface area contributed by atoms with Crippen molar-refractivity contribution >= 4 is 34.4 Å². The number of para-hydroxylation sites is 1. The molecule has 0 spiro atoms. The topological polar surface area (TPSA) is 98.3 Å². The Bertz CT molecular complexity index is 970. The summed E-state index contributed by atoms with van der Waals surface area (Å²) in [6, 6.07) is 11.2. The summed E-state index contributed by atoms with van der Waals surface area (Å²) >= 11 is 6.11. The molecule has 1 saturated heterocycles. The molecule has 0 radical (unpaired) electrons. The van der Waals surface area contributed by atoms with Crippen molar-refractivity contribution in [3.63, 3.8) is 0 Å². The lowest BCUT2D eigenvalue weighted by atomic mass is 10.2. The van der Waals surface area contributed by atoms with Crippen LogP contribution in [0.25, 0.3) is 10.9 Å². The monoisotopic (exact) mass is 385 g/mol. The highest BCUT2D eigenvalue weighted by Gasteiger charge is 2.23. The second-order valence-corrected chi connectivity index (χ2v) is 6.23. The summed E-state index contributed by atoms with van der Waals surface area (Å²) in [7, 11) is 0. The lowest BCUT2D eigenvalue weighted by Crippen LogP contribution is -2.22. The van der Waals surface area contributed by atoms with Gasteiger partial charge in [-0.2, -0.15) is 0 Å². The van der Waals surface area contributed by atoms with E-state index < -0.39 is 6.09 Å². The van der Waals surface area contributed by atoms with Gasteiger partial charge in [-0.15, -0.1) is 0 Å². The first-order valence-corrected chi connectivity index (χ1v) is 8.74. The first kappa shape index (κ1) is 17.3. The third kappa shape index (κ3) is 4.01. The van der Waals surface area contributed by atoms with Crippen molar-refractivity contribution in [1.82, 2.24) is 20.3 Å². The molecule has 2 aromatic heterocycles. The van der Waals surface area contributed by atoms with Crippen molar-refractivity contribution in [3.05, 3.63) is 53.6 Å². The van der Waals surface area contributed by atoms with Crippen LogP contribution in [0.1, 0.15) is 5.69 Å². The number of aromatic nitrogens is 3. The minimum absolute atomic E-state index is 0.107. The van der Waals surface area contributed by atoms with E-state index in [1.807, 2.05) is 30.3 Å². The minimum atomic E-state index is -0.437. The molecule has 1 fully saturated rings. The van der Waals surface area contributed by atoms with Crippen LogP contribution in [0.4, 0.5) is 10.6 Å². The Morgan fingerprint density at radius 3 is 2.96 bits per heavy atom. The van der Waals surface area contributed by atoms with Gasteiger partial charge in [-0.25, -0.2) is 14.8 Å². The Labute approximate surface area is 159 Å². The molecule has 1 atom stereocenters. The van der Waals surface area contributed by atoms with Crippen molar-refractivity contribution in [2.75, 3.05) is 18.5 Å². The quantitative estimate of drug-likeness (QED) is 0.629. The Kier molecular flexibility index (Phi) is 4.88. The van der Waals surface area contributed by atoms with E-state index in [4.69, 9.17) is 21.1 Å². The van der Waals surface area contributed by atoms with Crippen molar-refractivity contribution in [2.24, 2.45) is 0 Å². The number of nitrogens with one attached hydrogen (secondary N) is 2. The fourth-order valence-corrected chi connectivity index (χ4v) is 2.90. The number of hydrogen-bond acceptors (Lipinski definition) is 7. The maximum Gasteiger partial charge on any atom is 0.407 e. The fraction of sp³-hybridized carbons (Fsp3) is 0.222. The number of anilines is 1. The Hall–Kier alpha value is -3.13. The van der Waals surface area contributed by atoms with Crippen molar-refractivity contribution in [1.29, 1.82) is 0 Å². The predicted octanol–water partition coefficient (Wildman–Crippen LogP) is 2.78. The molecule has 3 aromatic rings. The normalized spacial score (nSPS) is 16.0. The van der Waals surface area contributed by atoms with Crippen LogP contribution in [0.3, 0.4) is 0 Å². The third-order valence-corrected chi connectivity index (χ3v) is 4.17. The number of halogens is 1. The van der Waals surface area contributed by atoms with Gasteiger partial charge in [0, 0.05) is 11.6 Å². The van der Waals surface area contributed by atoms with Crippen LogP contribution in [0.5, 0.6) is 5.75 Å². The number of alkyl carbamates (subject to hydrolysis) is 1. The van der Waals surface area contributed by atoms with Gasteiger partial charge < -0.3 is 20.1 Å². The summed E-state index contributed by atoms with van der Waals surface area (Å²) in [6.45, 7) is 1.13. The molecule has 27 heavy (non-hydrogen) atoms. The van der Waals surface area contributed by atoms with Crippen molar-refractivity contribution in [3.8, 4) is 5.75 Å². The van der Waals surface area contributed by atoms with Crippen molar-refractivity contribution < 1.29 is 14.3 Å². The van der Waals surface area contributed by atoms with Crippen LogP contribution in [0.15, 0.2) is 42.6 Å². The molecule has 138 valence electrons. The molecule has 4 rings (SSSR count). The number of fused-ring (bicyclic) bond motifs is 1. The number of amides is 1. The van der Waals surface area contributed by atoms with Crippen LogP contribution in [0, 0.1) is 0 Å². The van der Waals surface area contributed by atoms with E-state index in [0.717, 1.165) is 11.1 Å². The number of ether oxygens (including phenoxy) is 2. The number of carbonyl (C=O) groups excluding carboxylic acids is 1. The molecule has 2 N–H and O–H groups in total. The molecular formula is C18H16ClN5O3. The van der Waals surface area contributed by atoms with Gasteiger partial charge in [0.1, 0.15) is 23.7 Å².